The zero-order valence-corrected chi connectivity index (χ0v) is 8.60. The fourth-order valence-corrected chi connectivity index (χ4v) is 1.37. The minimum Gasteiger partial charge on any atom is -0.392 e. The number of rotatable bonds is 3. The number of hydrogen-bond acceptors (Lipinski definition) is 3. The van der Waals surface area contributed by atoms with E-state index < -0.39 is 0 Å². The minimum absolute atomic E-state index is 0.0834. The van der Waals surface area contributed by atoms with E-state index in [4.69, 9.17) is 5.11 Å². The van der Waals surface area contributed by atoms with Crippen LogP contribution in [0.2, 0.25) is 0 Å². The Balaban J connectivity index is 2.18. The maximum absolute atomic E-state index is 13.3. The van der Waals surface area contributed by atoms with E-state index in [9.17, 15) is 4.39 Å². The minimum atomic E-state index is -0.252. The van der Waals surface area contributed by atoms with Gasteiger partial charge in [0.05, 0.1) is 6.61 Å². The number of aromatic nitrogens is 2. The molecule has 0 atom stereocenters. The van der Waals surface area contributed by atoms with E-state index in [0.29, 0.717) is 23.4 Å². The van der Waals surface area contributed by atoms with Gasteiger partial charge in [0, 0.05) is 24.4 Å². The molecule has 0 saturated heterocycles. The lowest BCUT2D eigenvalue weighted by molar-refractivity contribution is 0.280. The third-order valence-electron chi connectivity index (χ3n) is 2.25. The van der Waals surface area contributed by atoms with E-state index in [1.165, 1.54) is 6.07 Å². The van der Waals surface area contributed by atoms with Crippen molar-refractivity contribution in [1.29, 1.82) is 0 Å². The smallest absolute Gasteiger partial charge is 0.132 e. The normalized spacial score (nSPS) is 10.4. The molecular weight excluding hydrogens is 207 g/mol. The first kappa shape index (κ1) is 10.7. The van der Waals surface area contributed by atoms with Crippen molar-refractivity contribution in [3.8, 4) is 0 Å². The largest absolute Gasteiger partial charge is 0.392 e. The van der Waals surface area contributed by atoms with Crippen LogP contribution in [0.1, 0.15) is 17.0 Å². The molecule has 4 heteroatoms. The van der Waals surface area contributed by atoms with Gasteiger partial charge in [0.1, 0.15) is 11.6 Å². The Bertz CT molecular complexity index is 471. The highest BCUT2D eigenvalue weighted by Crippen LogP contribution is 2.10. The van der Waals surface area contributed by atoms with Gasteiger partial charge in [-0.05, 0) is 11.6 Å². The molecule has 3 nitrogen and oxygen atoms in total. The molecular formula is C12H11FN2O. The molecule has 1 aromatic carbocycles. The highest BCUT2D eigenvalue weighted by molar-refractivity contribution is 5.21. The molecule has 1 aromatic heterocycles. The van der Waals surface area contributed by atoms with Gasteiger partial charge in [-0.25, -0.2) is 14.4 Å². The Labute approximate surface area is 92.6 Å². The second-order valence-electron chi connectivity index (χ2n) is 3.43. The van der Waals surface area contributed by atoms with Gasteiger partial charge in [0.15, 0.2) is 0 Å². The van der Waals surface area contributed by atoms with Gasteiger partial charge in [-0.1, -0.05) is 18.2 Å². The molecule has 16 heavy (non-hydrogen) atoms. The van der Waals surface area contributed by atoms with Crippen LogP contribution in [-0.2, 0) is 13.0 Å². The summed E-state index contributed by atoms with van der Waals surface area (Å²) in [6, 6.07) is 6.55. The molecule has 2 rings (SSSR count). The summed E-state index contributed by atoms with van der Waals surface area (Å²) in [6.07, 6.45) is 3.45. The van der Waals surface area contributed by atoms with E-state index in [1.807, 2.05) is 0 Å². The average Bonchev–Trinajstić information content (AvgIpc) is 2.33. The molecule has 1 heterocycles. The lowest BCUT2D eigenvalue weighted by Gasteiger charge is -2.02. The van der Waals surface area contributed by atoms with Crippen molar-refractivity contribution in [2.45, 2.75) is 13.0 Å². The Morgan fingerprint density at radius 2 is 1.81 bits per heavy atom. The van der Waals surface area contributed by atoms with Crippen molar-refractivity contribution in [1.82, 2.24) is 9.97 Å². The van der Waals surface area contributed by atoms with Gasteiger partial charge in [-0.3, -0.25) is 0 Å². The van der Waals surface area contributed by atoms with Gasteiger partial charge in [0.25, 0.3) is 0 Å². The van der Waals surface area contributed by atoms with Gasteiger partial charge in [-0.15, -0.1) is 0 Å². The quantitative estimate of drug-likeness (QED) is 0.852. The van der Waals surface area contributed by atoms with Crippen LogP contribution in [0.4, 0.5) is 4.39 Å². The molecule has 0 saturated carbocycles. The predicted molar refractivity (Wildman–Crippen MR) is 57.2 cm³/mol. The van der Waals surface area contributed by atoms with Crippen molar-refractivity contribution in [3.05, 3.63) is 59.4 Å². The third kappa shape index (κ3) is 2.41. The topological polar surface area (TPSA) is 46.0 Å². The zero-order chi connectivity index (χ0) is 11.4. The van der Waals surface area contributed by atoms with Crippen molar-refractivity contribution in [2.75, 3.05) is 0 Å². The number of aliphatic hydroxyl groups excluding tert-OH is 1. The molecule has 1 N–H and O–H groups in total. The zero-order valence-electron chi connectivity index (χ0n) is 8.60. The summed E-state index contributed by atoms with van der Waals surface area (Å²) in [6.45, 7) is -0.0834. The third-order valence-corrected chi connectivity index (χ3v) is 2.25. The Morgan fingerprint density at radius 1 is 1.12 bits per heavy atom. The summed E-state index contributed by atoms with van der Waals surface area (Å²) in [5.41, 5.74) is 1.22. The standard InChI is InChI=1S/C12H11FN2O/c13-11-4-2-1-3-10(11)5-12-14-6-9(8-16)7-15-12/h1-4,6-7,16H,5,8H2. The monoisotopic (exact) mass is 218 g/mol. The number of aliphatic hydroxyl groups is 1. The summed E-state index contributed by atoms with van der Waals surface area (Å²) >= 11 is 0. The molecule has 0 aliphatic heterocycles. The first-order valence-corrected chi connectivity index (χ1v) is 4.93. The van der Waals surface area contributed by atoms with Gasteiger partial charge < -0.3 is 5.11 Å². The molecule has 0 fully saturated rings. The van der Waals surface area contributed by atoms with Crippen LogP contribution in [0, 0.1) is 5.82 Å². The Kier molecular flexibility index (Phi) is 3.22. The average molecular weight is 218 g/mol. The van der Waals surface area contributed by atoms with E-state index in [-0.39, 0.29) is 12.4 Å². The van der Waals surface area contributed by atoms with E-state index >= 15 is 0 Å². The van der Waals surface area contributed by atoms with E-state index in [0.717, 1.165) is 0 Å². The van der Waals surface area contributed by atoms with E-state index in [2.05, 4.69) is 9.97 Å². The summed E-state index contributed by atoms with van der Waals surface area (Å²) in [5, 5.41) is 8.82. The second kappa shape index (κ2) is 4.81. The van der Waals surface area contributed by atoms with Crippen LogP contribution in [0.3, 0.4) is 0 Å². The van der Waals surface area contributed by atoms with Crippen molar-refractivity contribution < 1.29 is 9.50 Å². The maximum atomic E-state index is 13.3. The Hall–Kier alpha value is -1.81. The molecule has 0 aliphatic carbocycles. The van der Waals surface area contributed by atoms with Gasteiger partial charge in [0.2, 0.25) is 0 Å². The first-order chi connectivity index (χ1) is 7.79. The summed E-state index contributed by atoms with van der Waals surface area (Å²) < 4.78 is 13.3. The lowest BCUT2D eigenvalue weighted by atomic mass is 10.1. The van der Waals surface area contributed by atoms with Crippen molar-refractivity contribution in [3.63, 3.8) is 0 Å². The van der Waals surface area contributed by atoms with Crippen LogP contribution < -0.4 is 0 Å². The molecule has 82 valence electrons. The number of halogens is 1. The number of benzene rings is 1. The predicted octanol–water partition coefficient (Wildman–Crippen LogP) is 1.70. The number of nitrogens with zero attached hydrogens (tertiary/aromatic N) is 2. The lowest BCUT2D eigenvalue weighted by Crippen LogP contribution is -1.99. The van der Waals surface area contributed by atoms with Gasteiger partial charge >= 0.3 is 0 Å². The van der Waals surface area contributed by atoms with Crippen LogP contribution in [0.5, 0.6) is 0 Å². The maximum Gasteiger partial charge on any atom is 0.132 e. The molecule has 0 spiro atoms. The summed E-state index contributed by atoms with van der Waals surface area (Å²) in [7, 11) is 0. The van der Waals surface area contributed by atoms with Crippen molar-refractivity contribution >= 4 is 0 Å². The second-order valence-corrected chi connectivity index (χ2v) is 3.43. The highest BCUT2D eigenvalue weighted by atomic mass is 19.1. The van der Waals surface area contributed by atoms with Crippen LogP contribution >= 0.6 is 0 Å². The van der Waals surface area contributed by atoms with Crippen molar-refractivity contribution in [2.24, 2.45) is 0 Å². The Morgan fingerprint density at radius 3 is 2.44 bits per heavy atom. The summed E-state index contributed by atoms with van der Waals surface area (Å²) in [4.78, 5) is 8.10. The fraction of sp³-hybridized carbons (Fsp3) is 0.167. The van der Waals surface area contributed by atoms with E-state index in [1.54, 1.807) is 30.6 Å². The summed E-state index contributed by atoms with van der Waals surface area (Å²) in [5.74, 6) is 0.291. The van der Waals surface area contributed by atoms with Gasteiger partial charge in [-0.2, -0.15) is 0 Å². The molecule has 0 unspecified atom stereocenters. The fourth-order valence-electron chi connectivity index (χ4n) is 1.37. The molecule has 0 radical (unpaired) electrons. The SMILES string of the molecule is OCc1cnc(Cc2ccccc2F)nc1. The molecule has 0 bridgehead atoms. The molecule has 0 amide bonds. The van der Waals surface area contributed by atoms with Crippen LogP contribution in [0.15, 0.2) is 36.7 Å². The van der Waals surface area contributed by atoms with Crippen LogP contribution in [-0.4, -0.2) is 15.1 Å². The number of hydrogen-bond donors (Lipinski definition) is 1. The highest BCUT2D eigenvalue weighted by Gasteiger charge is 2.04. The molecule has 2 aromatic rings. The first-order valence-electron chi connectivity index (χ1n) is 4.93. The molecule has 0 aliphatic rings. The van der Waals surface area contributed by atoms with Crippen LogP contribution in [0.25, 0.3) is 0 Å².